The van der Waals surface area contributed by atoms with Gasteiger partial charge in [-0.25, -0.2) is 4.99 Å². The van der Waals surface area contributed by atoms with Crippen LogP contribution in [-0.4, -0.2) is 31.0 Å². The first-order valence-corrected chi connectivity index (χ1v) is 9.72. The quantitative estimate of drug-likeness (QED) is 0.673. The Morgan fingerprint density at radius 3 is 2.55 bits per heavy atom. The summed E-state index contributed by atoms with van der Waals surface area (Å²) in [6, 6.07) is 16.6. The number of aliphatic imine (C=N–C) groups is 1. The molecule has 0 aliphatic carbocycles. The number of carbonyl (C=O) groups is 2. The van der Waals surface area contributed by atoms with Crippen molar-refractivity contribution in [3.05, 3.63) is 60.2 Å². The van der Waals surface area contributed by atoms with E-state index in [-0.39, 0.29) is 36.7 Å². The fraction of sp³-hybridized carbons (Fsp3) is 0.318. The van der Waals surface area contributed by atoms with Crippen molar-refractivity contribution in [2.45, 2.75) is 32.2 Å². The standard InChI is InChI=1S/C22H25N3O4/c1-2-28-18-12-10-16(11-13-18)19-15-21(27)25-22(23-19)24-20(26)9-6-14-29-17-7-4-3-5-8-17/h3-5,7-8,10-13,19H,2,6,9,14-15H2,1H3,(H2,23,24,25,26,27)/t19-/m0/s1. The van der Waals surface area contributed by atoms with Gasteiger partial charge in [0, 0.05) is 6.42 Å². The van der Waals surface area contributed by atoms with Crippen LogP contribution in [0.2, 0.25) is 0 Å². The van der Waals surface area contributed by atoms with Gasteiger partial charge in [0.15, 0.2) is 0 Å². The third-order valence-corrected chi connectivity index (χ3v) is 4.32. The van der Waals surface area contributed by atoms with E-state index in [0.717, 1.165) is 17.1 Å². The Bertz CT molecular complexity index is 850. The lowest BCUT2D eigenvalue weighted by Crippen LogP contribution is -2.47. The highest BCUT2D eigenvalue weighted by Crippen LogP contribution is 2.25. The van der Waals surface area contributed by atoms with E-state index in [2.05, 4.69) is 15.6 Å². The van der Waals surface area contributed by atoms with E-state index in [1.807, 2.05) is 61.5 Å². The van der Waals surface area contributed by atoms with Crippen molar-refractivity contribution in [2.75, 3.05) is 13.2 Å². The maximum Gasteiger partial charge on any atom is 0.229 e. The van der Waals surface area contributed by atoms with Crippen LogP contribution < -0.4 is 20.1 Å². The van der Waals surface area contributed by atoms with Crippen LogP contribution in [0, 0.1) is 0 Å². The smallest absolute Gasteiger partial charge is 0.229 e. The molecular formula is C22H25N3O4. The van der Waals surface area contributed by atoms with E-state index in [0.29, 0.717) is 19.6 Å². The Balaban J connectivity index is 1.50. The molecule has 2 aromatic carbocycles. The second kappa shape index (κ2) is 10.3. The number of carbonyl (C=O) groups excluding carboxylic acids is 2. The van der Waals surface area contributed by atoms with E-state index >= 15 is 0 Å². The molecule has 0 spiro atoms. The maximum atomic E-state index is 12.2. The van der Waals surface area contributed by atoms with Gasteiger partial charge in [-0.2, -0.15) is 0 Å². The van der Waals surface area contributed by atoms with Crippen molar-refractivity contribution in [1.82, 2.24) is 10.6 Å². The summed E-state index contributed by atoms with van der Waals surface area (Å²) in [5.41, 5.74) is 0.895. The van der Waals surface area contributed by atoms with Crippen LogP contribution in [0.5, 0.6) is 11.5 Å². The highest BCUT2D eigenvalue weighted by atomic mass is 16.5. The average Bonchev–Trinajstić information content (AvgIpc) is 2.72. The van der Waals surface area contributed by atoms with Crippen molar-refractivity contribution >= 4 is 17.8 Å². The van der Waals surface area contributed by atoms with Crippen molar-refractivity contribution in [3.63, 3.8) is 0 Å². The molecule has 1 heterocycles. The summed E-state index contributed by atoms with van der Waals surface area (Å²) in [6.07, 6.45) is 1.07. The van der Waals surface area contributed by atoms with Gasteiger partial charge in [0.1, 0.15) is 11.5 Å². The molecule has 0 bridgehead atoms. The largest absolute Gasteiger partial charge is 0.494 e. The SMILES string of the molecule is CCOc1ccc([C@@H]2CC(=O)NC(NC(=O)CCCOc3ccccc3)=N2)cc1. The molecule has 0 aromatic heterocycles. The van der Waals surface area contributed by atoms with Gasteiger partial charge in [-0.05, 0) is 43.2 Å². The van der Waals surface area contributed by atoms with Crippen molar-refractivity contribution in [2.24, 2.45) is 4.99 Å². The highest BCUT2D eigenvalue weighted by Gasteiger charge is 2.23. The first-order valence-electron chi connectivity index (χ1n) is 9.72. The van der Waals surface area contributed by atoms with E-state index < -0.39 is 0 Å². The van der Waals surface area contributed by atoms with Crippen molar-refractivity contribution < 1.29 is 19.1 Å². The van der Waals surface area contributed by atoms with Crippen LogP contribution >= 0.6 is 0 Å². The molecule has 0 fully saturated rings. The number of hydrogen-bond acceptors (Lipinski definition) is 5. The molecule has 0 saturated heterocycles. The molecule has 152 valence electrons. The van der Waals surface area contributed by atoms with E-state index in [1.165, 1.54) is 0 Å². The molecule has 1 aliphatic rings. The predicted molar refractivity (Wildman–Crippen MR) is 110 cm³/mol. The zero-order valence-electron chi connectivity index (χ0n) is 16.4. The topological polar surface area (TPSA) is 89.0 Å². The Morgan fingerprint density at radius 1 is 1.10 bits per heavy atom. The molecule has 7 nitrogen and oxygen atoms in total. The number of benzene rings is 2. The Hall–Kier alpha value is -3.35. The van der Waals surface area contributed by atoms with Crippen molar-refractivity contribution in [3.8, 4) is 11.5 Å². The summed E-state index contributed by atoms with van der Waals surface area (Å²) in [5.74, 6) is 1.34. The highest BCUT2D eigenvalue weighted by molar-refractivity contribution is 6.06. The third kappa shape index (κ3) is 6.34. The molecule has 1 aliphatic heterocycles. The van der Waals surface area contributed by atoms with Crippen LogP contribution in [-0.2, 0) is 9.59 Å². The van der Waals surface area contributed by atoms with Gasteiger partial charge in [-0.3, -0.25) is 20.2 Å². The summed E-state index contributed by atoms with van der Waals surface area (Å²) in [4.78, 5) is 28.7. The molecular weight excluding hydrogens is 370 g/mol. The molecule has 2 amide bonds. The number of nitrogens with zero attached hydrogens (tertiary/aromatic N) is 1. The van der Waals surface area contributed by atoms with Crippen LogP contribution in [0.4, 0.5) is 0 Å². The zero-order valence-corrected chi connectivity index (χ0v) is 16.4. The summed E-state index contributed by atoms with van der Waals surface area (Å²) in [6.45, 7) is 2.95. The first-order chi connectivity index (χ1) is 14.1. The van der Waals surface area contributed by atoms with Crippen LogP contribution in [0.15, 0.2) is 59.6 Å². The fourth-order valence-corrected chi connectivity index (χ4v) is 2.94. The van der Waals surface area contributed by atoms with Crippen LogP contribution in [0.1, 0.15) is 37.8 Å². The molecule has 2 N–H and O–H groups in total. The molecule has 1 atom stereocenters. The third-order valence-electron chi connectivity index (χ3n) is 4.32. The van der Waals surface area contributed by atoms with Gasteiger partial charge in [0.05, 0.1) is 25.7 Å². The molecule has 0 radical (unpaired) electrons. The van der Waals surface area contributed by atoms with Crippen LogP contribution in [0.25, 0.3) is 0 Å². The van der Waals surface area contributed by atoms with Gasteiger partial charge < -0.3 is 9.47 Å². The second-order valence-corrected chi connectivity index (χ2v) is 6.56. The maximum absolute atomic E-state index is 12.2. The lowest BCUT2D eigenvalue weighted by Gasteiger charge is -2.21. The van der Waals surface area contributed by atoms with Crippen LogP contribution in [0.3, 0.4) is 0 Å². The zero-order chi connectivity index (χ0) is 20.5. The normalized spacial score (nSPS) is 15.8. The summed E-state index contributed by atoms with van der Waals surface area (Å²) < 4.78 is 11.0. The lowest BCUT2D eigenvalue weighted by molar-refractivity contribution is -0.120. The van der Waals surface area contributed by atoms with Gasteiger partial charge in [0.2, 0.25) is 17.8 Å². The number of para-hydroxylation sites is 1. The summed E-state index contributed by atoms with van der Waals surface area (Å²) in [5, 5.41) is 5.30. The molecule has 7 heteroatoms. The Labute approximate surface area is 170 Å². The Morgan fingerprint density at radius 2 is 1.83 bits per heavy atom. The number of nitrogens with one attached hydrogen (secondary N) is 2. The minimum Gasteiger partial charge on any atom is -0.494 e. The van der Waals surface area contributed by atoms with Gasteiger partial charge in [-0.1, -0.05) is 30.3 Å². The predicted octanol–water partition coefficient (Wildman–Crippen LogP) is 2.98. The van der Waals surface area contributed by atoms with E-state index in [1.54, 1.807) is 0 Å². The van der Waals surface area contributed by atoms with Crippen molar-refractivity contribution in [1.29, 1.82) is 0 Å². The monoisotopic (exact) mass is 395 g/mol. The summed E-state index contributed by atoms with van der Waals surface area (Å²) in [7, 11) is 0. The number of amides is 2. The average molecular weight is 395 g/mol. The number of ether oxygens (including phenoxy) is 2. The Kier molecular flexibility index (Phi) is 7.22. The molecule has 2 aromatic rings. The number of rotatable bonds is 8. The fourth-order valence-electron chi connectivity index (χ4n) is 2.94. The summed E-state index contributed by atoms with van der Waals surface area (Å²) >= 11 is 0. The second-order valence-electron chi connectivity index (χ2n) is 6.56. The van der Waals surface area contributed by atoms with Gasteiger partial charge in [0.25, 0.3) is 0 Å². The number of hydrogen-bond donors (Lipinski definition) is 2. The molecule has 29 heavy (non-hydrogen) atoms. The molecule has 0 saturated carbocycles. The van der Waals surface area contributed by atoms with Gasteiger partial charge in [-0.15, -0.1) is 0 Å². The van der Waals surface area contributed by atoms with Gasteiger partial charge >= 0.3 is 0 Å². The molecule has 0 unspecified atom stereocenters. The van der Waals surface area contributed by atoms with E-state index in [9.17, 15) is 9.59 Å². The minimum absolute atomic E-state index is 0.179. The minimum atomic E-state index is -0.337. The number of guanidine groups is 1. The lowest BCUT2D eigenvalue weighted by atomic mass is 10.0. The van der Waals surface area contributed by atoms with E-state index in [4.69, 9.17) is 9.47 Å². The molecule has 3 rings (SSSR count). The first kappa shape index (κ1) is 20.4.